The van der Waals surface area contributed by atoms with E-state index in [1.54, 1.807) is 20.2 Å². The van der Waals surface area contributed by atoms with Gasteiger partial charge in [0.1, 0.15) is 22.8 Å². The van der Waals surface area contributed by atoms with Crippen molar-refractivity contribution in [1.29, 1.82) is 0 Å². The molecule has 4 rings (SSSR count). The van der Waals surface area contributed by atoms with Gasteiger partial charge in [0.2, 0.25) is 5.78 Å². The molecule has 1 amide bonds. The number of aliphatic hydroxyl groups is 3. The molecule has 0 radical (unpaired) electrons. The van der Waals surface area contributed by atoms with Crippen LogP contribution in [0.5, 0.6) is 5.75 Å². The first-order valence-electron chi connectivity index (χ1n) is 11.8. The molecule has 0 aromatic heterocycles. The number of aliphatic hydroxyl groups excluding tert-OH is 2. The van der Waals surface area contributed by atoms with Gasteiger partial charge in [-0.15, -0.1) is 0 Å². The highest BCUT2D eigenvalue weighted by Gasteiger charge is 2.63. The highest BCUT2D eigenvalue weighted by atomic mass is 16.3. The molecule has 1 aromatic rings. The molecule has 4 atom stereocenters. The summed E-state index contributed by atoms with van der Waals surface area (Å²) in [6.45, 7) is 5.75. The average molecular weight is 500 g/mol. The quantitative estimate of drug-likeness (QED) is 0.328. The summed E-state index contributed by atoms with van der Waals surface area (Å²) in [5, 5.41) is 45.0. The number of primary amides is 1. The van der Waals surface area contributed by atoms with Crippen molar-refractivity contribution in [1.82, 2.24) is 4.90 Å². The van der Waals surface area contributed by atoms with Crippen molar-refractivity contribution < 1.29 is 34.8 Å². The van der Waals surface area contributed by atoms with Crippen LogP contribution in [0.3, 0.4) is 0 Å². The van der Waals surface area contributed by atoms with Gasteiger partial charge >= 0.3 is 0 Å². The predicted molar refractivity (Wildman–Crippen MR) is 130 cm³/mol. The Labute approximate surface area is 208 Å². The first-order valence-corrected chi connectivity index (χ1v) is 11.8. The number of aromatic hydroxyl groups is 1. The molecule has 3 aliphatic carbocycles. The van der Waals surface area contributed by atoms with E-state index in [0.717, 1.165) is 0 Å². The first-order chi connectivity index (χ1) is 16.6. The Morgan fingerprint density at radius 1 is 1.19 bits per heavy atom. The lowest BCUT2D eigenvalue weighted by Gasteiger charge is -2.50. The fraction of sp³-hybridized carbons (Fsp3) is 0.500. The van der Waals surface area contributed by atoms with E-state index in [1.165, 1.54) is 4.90 Å². The van der Waals surface area contributed by atoms with Gasteiger partial charge in [-0.2, -0.15) is 0 Å². The van der Waals surface area contributed by atoms with Gasteiger partial charge in [0.05, 0.1) is 11.6 Å². The van der Waals surface area contributed by atoms with E-state index in [2.05, 4.69) is 0 Å². The molecule has 0 saturated carbocycles. The van der Waals surface area contributed by atoms with Crippen LogP contribution in [0.4, 0.5) is 0 Å². The Balaban J connectivity index is 2.00. The minimum atomic E-state index is -2.65. The number of benzene rings is 1. The van der Waals surface area contributed by atoms with E-state index in [-0.39, 0.29) is 36.3 Å². The number of carbonyl (C=O) groups excluding carboxylic acids is 3. The maximum atomic E-state index is 13.8. The summed E-state index contributed by atoms with van der Waals surface area (Å²) in [7, 11) is 3.18. The van der Waals surface area contributed by atoms with Crippen molar-refractivity contribution in [2.75, 3.05) is 14.1 Å². The van der Waals surface area contributed by atoms with Gasteiger partial charge in [-0.05, 0) is 55.5 Å². The predicted octanol–water partition coefficient (Wildman–Crippen LogP) is 0.877. The Bertz CT molecular complexity index is 1270. The van der Waals surface area contributed by atoms with Crippen LogP contribution in [-0.2, 0) is 28.0 Å². The summed E-state index contributed by atoms with van der Waals surface area (Å²) < 4.78 is 0. The number of nitrogens with zero attached hydrogens (tertiary/aromatic N) is 1. The summed E-state index contributed by atoms with van der Waals surface area (Å²) >= 11 is 0. The molecule has 1 aromatic carbocycles. The van der Waals surface area contributed by atoms with Crippen LogP contribution in [0.1, 0.15) is 54.2 Å². The number of hydrogen-bond acceptors (Lipinski definition) is 9. The van der Waals surface area contributed by atoms with E-state index in [9.17, 15) is 34.8 Å². The van der Waals surface area contributed by atoms with E-state index in [4.69, 9.17) is 11.5 Å². The maximum Gasteiger partial charge on any atom is 0.255 e. The van der Waals surface area contributed by atoms with Crippen LogP contribution in [0.25, 0.3) is 0 Å². The molecule has 0 heterocycles. The topological polar surface area (TPSA) is 187 Å². The number of phenols is 1. The second-order valence-electron chi connectivity index (χ2n) is 11.2. The van der Waals surface area contributed by atoms with Gasteiger partial charge in [-0.1, -0.05) is 20.8 Å². The van der Waals surface area contributed by atoms with Crippen molar-refractivity contribution in [3.05, 3.63) is 51.0 Å². The summed E-state index contributed by atoms with van der Waals surface area (Å²) in [4.78, 5) is 40.8. The van der Waals surface area contributed by atoms with Gasteiger partial charge in [0.15, 0.2) is 11.4 Å². The third-order valence-corrected chi connectivity index (χ3v) is 7.84. The molecule has 0 fully saturated rings. The second kappa shape index (κ2) is 8.16. The molecule has 0 aliphatic heterocycles. The van der Waals surface area contributed by atoms with Crippen LogP contribution in [-0.4, -0.2) is 68.5 Å². The van der Waals surface area contributed by atoms with Crippen LogP contribution >= 0.6 is 0 Å². The number of fused-ring (bicyclic) bond motifs is 3. The molecule has 0 bridgehead atoms. The number of rotatable bonds is 3. The summed E-state index contributed by atoms with van der Waals surface area (Å²) in [5.41, 5.74) is 8.92. The van der Waals surface area contributed by atoms with Crippen molar-refractivity contribution in [3.8, 4) is 5.75 Å². The lowest BCUT2D eigenvalue weighted by molar-refractivity contribution is -0.148. The zero-order valence-corrected chi connectivity index (χ0v) is 21.0. The summed E-state index contributed by atoms with van der Waals surface area (Å²) in [6.07, 6.45) is 0.261. The van der Waals surface area contributed by atoms with E-state index in [1.807, 2.05) is 20.8 Å². The molecule has 3 aliphatic rings. The zero-order valence-electron chi connectivity index (χ0n) is 21.0. The molecular formula is C26H33N3O7. The molecule has 36 heavy (non-hydrogen) atoms. The molecular weight excluding hydrogens is 466 g/mol. The van der Waals surface area contributed by atoms with Crippen molar-refractivity contribution >= 4 is 17.5 Å². The Hall–Kier alpha value is -3.21. The zero-order chi connectivity index (χ0) is 27.1. The van der Waals surface area contributed by atoms with E-state index in [0.29, 0.717) is 16.7 Å². The summed E-state index contributed by atoms with van der Waals surface area (Å²) in [5.74, 6) is -6.61. The number of phenolic OH excluding ortho intramolecular Hbond substituents is 1. The van der Waals surface area contributed by atoms with Gasteiger partial charge in [-0.3, -0.25) is 19.3 Å². The maximum absolute atomic E-state index is 13.8. The van der Waals surface area contributed by atoms with Gasteiger partial charge in [0, 0.05) is 23.6 Å². The molecule has 10 nitrogen and oxygen atoms in total. The normalized spacial score (nSPS) is 28.3. The highest BCUT2D eigenvalue weighted by molar-refractivity contribution is 6.24. The van der Waals surface area contributed by atoms with E-state index < -0.39 is 63.5 Å². The third kappa shape index (κ3) is 3.31. The molecule has 194 valence electrons. The Morgan fingerprint density at radius 3 is 2.31 bits per heavy atom. The largest absolute Gasteiger partial charge is 0.510 e. The first kappa shape index (κ1) is 25.9. The average Bonchev–Trinajstić information content (AvgIpc) is 2.75. The van der Waals surface area contributed by atoms with Gasteiger partial charge < -0.3 is 31.9 Å². The number of carbonyl (C=O) groups is 3. The monoisotopic (exact) mass is 499 g/mol. The molecule has 10 heteroatoms. The van der Waals surface area contributed by atoms with Crippen LogP contribution in [0.15, 0.2) is 28.7 Å². The fourth-order valence-electron chi connectivity index (χ4n) is 6.15. The fourth-order valence-corrected chi connectivity index (χ4v) is 6.15. The standard InChI is InChI=1S/C26H33N3O7/c1-25(2,3)14-8-11(9-27)12-6-10-7-13-18(29(4)5)21(32)17(24(28)35)23(34)26(13,36)22(33)15(10)20(31)16(12)19(14)30/h8,10,13,18,30,32-33,36H,6-7,9,27H2,1-5H3,(H2,28,35)/t10-,13-,18-,26-/m0/s1. The number of Topliss-reactive ketones (excluding diaryl/α,β-unsaturated/α-hetero) is 2. The minimum Gasteiger partial charge on any atom is -0.510 e. The van der Waals surface area contributed by atoms with Crippen molar-refractivity contribution in [2.45, 2.75) is 57.2 Å². The Morgan fingerprint density at radius 2 is 1.81 bits per heavy atom. The van der Waals surface area contributed by atoms with Gasteiger partial charge in [0.25, 0.3) is 5.91 Å². The third-order valence-electron chi connectivity index (χ3n) is 7.84. The number of ketones is 2. The number of nitrogens with two attached hydrogens (primary N) is 2. The SMILES string of the molecule is CN(C)[C@@H]1C(O)=C(C(N)=O)C(=O)[C@@]2(O)C(O)=C3C(=O)c4c(O)c(C(C)(C)C)cc(CN)c4C[C@H]3C[C@@H]12. The second-order valence-corrected chi connectivity index (χ2v) is 11.2. The van der Waals surface area contributed by atoms with Crippen molar-refractivity contribution in [3.63, 3.8) is 0 Å². The minimum absolute atomic E-state index is 0.0105. The van der Waals surface area contributed by atoms with Crippen LogP contribution < -0.4 is 11.5 Å². The lowest BCUT2D eigenvalue weighted by Crippen LogP contribution is -2.63. The van der Waals surface area contributed by atoms with Gasteiger partial charge in [-0.25, -0.2) is 0 Å². The number of amides is 1. The molecule has 8 N–H and O–H groups in total. The van der Waals surface area contributed by atoms with Crippen LogP contribution in [0, 0.1) is 11.8 Å². The number of hydrogen-bond donors (Lipinski definition) is 6. The number of allylic oxidation sites excluding steroid dienone is 1. The summed E-state index contributed by atoms with van der Waals surface area (Å²) in [6, 6.07) is 0.761. The number of likely N-dealkylation sites (N-methyl/N-ethyl adjacent to an activating group) is 1. The van der Waals surface area contributed by atoms with E-state index >= 15 is 0 Å². The van der Waals surface area contributed by atoms with Crippen molar-refractivity contribution in [2.24, 2.45) is 23.3 Å². The van der Waals surface area contributed by atoms with Crippen LogP contribution in [0.2, 0.25) is 0 Å². The Kier molecular flexibility index (Phi) is 5.86. The highest BCUT2D eigenvalue weighted by Crippen LogP contribution is 2.53. The molecule has 0 saturated heterocycles. The molecule has 0 unspecified atom stereocenters. The molecule has 0 spiro atoms. The smallest absolute Gasteiger partial charge is 0.255 e. The lowest BCUT2D eigenvalue weighted by atomic mass is 9.58.